The average Bonchev–Trinajstić information content (AvgIpc) is 2.46. The van der Waals surface area contributed by atoms with Crippen LogP contribution in [0.5, 0.6) is 11.5 Å². The lowest BCUT2D eigenvalue weighted by molar-refractivity contribution is 0.0951. The number of unbranched alkanes of at least 4 members (excludes halogenated alkanes) is 2. The first-order valence-electron chi connectivity index (χ1n) is 6.69. The lowest BCUT2D eigenvalue weighted by atomic mass is 10.1. The minimum absolute atomic E-state index is 0.0790. The first kappa shape index (κ1) is 13.7. The second-order valence-electron chi connectivity index (χ2n) is 4.46. The highest BCUT2D eigenvalue weighted by Crippen LogP contribution is 2.30. The van der Waals surface area contributed by atoms with E-state index in [1.54, 1.807) is 18.2 Å². The molecule has 0 atom stereocenters. The van der Waals surface area contributed by atoms with Crippen molar-refractivity contribution in [2.75, 3.05) is 26.3 Å². The Bertz CT molecular complexity index is 435. The standard InChI is InChI=1S/C14H20N2O3/c15-6-2-1-3-7-16-14(17)11-4-5-12-13(10-11)19-9-8-18-12/h4-5,10H,1-3,6-9,15H2,(H,16,17). The number of nitrogens with two attached hydrogens (primary N) is 1. The predicted octanol–water partition coefficient (Wildman–Crippen LogP) is 1.32. The highest BCUT2D eigenvalue weighted by Gasteiger charge is 2.14. The number of nitrogens with one attached hydrogen (secondary N) is 1. The number of rotatable bonds is 6. The Morgan fingerprint density at radius 3 is 2.74 bits per heavy atom. The molecule has 0 aromatic heterocycles. The van der Waals surface area contributed by atoms with Gasteiger partial charge in [-0.25, -0.2) is 0 Å². The fraction of sp³-hybridized carbons (Fsp3) is 0.500. The molecule has 0 radical (unpaired) electrons. The molecule has 0 spiro atoms. The Hall–Kier alpha value is -1.75. The zero-order valence-corrected chi connectivity index (χ0v) is 11.0. The summed E-state index contributed by atoms with van der Waals surface area (Å²) in [5.41, 5.74) is 6.01. The molecule has 3 N–H and O–H groups in total. The summed E-state index contributed by atoms with van der Waals surface area (Å²) in [5.74, 6) is 1.26. The van der Waals surface area contributed by atoms with Crippen molar-refractivity contribution >= 4 is 5.91 Å². The number of amides is 1. The van der Waals surface area contributed by atoms with Crippen LogP contribution in [0.4, 0.5) is 0 Å². The topological polar surface area (TPSA) is 73.6 Å². The van der Waals surface area contributed by atoms with Crippen molar-refractivity contribution < 1.29 is 14.3 Å². The molecule has 5 heteroatoms. The van der Waals surface area contributed by atoms with Crippen molar-refractivity contribution in [2.24, 2.45) is 5.73 Å². The van der Waals surface area contributed by atoms with E-state index in [0.29, 0.717) is 43.4 Å². The number of carbonyl (C=O) groups is 1. The Morgan fingerprint density at radius 2 is 1.95 bits per heavy atom. The molecule has 1 aromatic rings. The molecule has 2 rings (SSSR count). The number of benzene rings is 1. The van der Waals surface area contributed by atoms with Crippen molar-refractivity contribution in [1.82, 2.24) is 5.32 Å². The third-order valence-corrected chi connectivity index (χ3v) is 2.97. The predicted molar refractivity (Wildman–Crippen MR) is 72.7 cm³/mol. The van der Waals surface area contributed by atoms with Crippen molar-refractivity contribution in [3.05, 3.63) is 23.8 Å². The molecule has 19 heavy (non-hydrogen) atoms. The van der Waals surface area contributed by atoms with Crippen LogP contribution < -0.4 is 20.5 Å². The third kappa shape index (κ3) is 3.86. The fourth-order valence-corrected chi connectivity index (χ4v) is 1.93. The van der Waals surface area contributed by atoms with E-state index < -0.39 is 0 Å². The highest BCUT2D eigenvalue weighted by atomic mass is 16.6. The quantitative estimate of drug-likeness (QED) is 0.760. The molecule has 0 unspecified atom stereocenters. The molecular weight excluding hydrogens is 244 g/mol. The van der Waals surface area contributed by atoms with E-state index in [1.165, 1.54) is 0 Å². The summed E-state index contributed by atoms with van der Waals surface area (Å²) in [7, 11) is 0. The molecule has 1 aliphatic rings. The van der Waals surface area contributed by atoms with Crippen LogP contribution in [-0.2, 0) is 0 Å². The van der Waals surface area contributed by atoms with Gasteiger partial charge in [0.05, 0.1) is 0 Å². The number of carbonyl (C=O) groups excluding carboxylic acids is 1. The summed E-state index contributed by atoms with van der Waals surface area (Å²) in [6.45, 7) is 2.46. The molecule has 1 heterocycles. The van der Waals surface area contributed by atoms with Crippen molar-refractivity contribution in [3.63, 3.8) is 0 Å². The van der Waals surface area contributed by atoms with E-state index in [2.05, 4.69) is 5.32 Å². The minimum Gasteiger partial charge on any atom is -0.486 e. The summed E-state index contributed by atoms with van der Waals surface area (Å²) < 4.78 is 10.9. The maximum Gasteiger partial charge on any atom is 0.251 e. The molecule has 104 valence electrons. The Balaban J connectivity index is 1.85. The highest BCUT2D eigenvalue weighted by molar-refractivity contribution is 5.94. The van der Waals surface area contributed by atoms with Crippen molar-refractivity contribution in [2.45, 2.75) is 19.3 Å². The van der Waals surface area contributed by atoms with Gasteiger partial charge in [0.25, 0.3) is 5.91 Å². The monoisotopic (exact) mass is 264 g/mol. The van der Waals surface area contributed by atoms with E-state index in [-0.39, 0.29) is 5.91 Å². The smallest absolute Gasteiger partial charge is 0.251 e. The van der Waals surface area contributed by atoms with Gasteiger partial charge >= 0.3 is 0 Å². The maximum absolute atomic E-state index is 11.9. The first-order chi connectivity index (χ1) is 9.31. The first-order valence-corrected chi connectivity index (χ1v) is 6.69. The number of hydrogen-bond donors (Lipinski definition) is 2. The van der Waals surface area contributed by atoms with Crippen LogP contribution >= 0.6 is 0 Å². The molecule has 5 nitrogen and oxygen atoms in total. The maximum atomic E-state index is 11.9. The molecule has 1 amide bonds. The van der Waals surface area contributed by atoms with Crippen LogP contribution in [0.1, 0.15) is 29.6 Å². The molecule has 0 bridgehead atoms. The molecule has 0 saturated carbocycles. The molecule has 0 fully saturated rings. The van der Waals surface area contributed by atoms with E-state index in [9.17, 15) is 4.79 Å². The van der Waals surface area contributed by atoms with Gasteiger partial charge in [-0.3, -0.25) is 4.79 Å². The van der Waals surface area contributed by atoms with Crippen LogP contribution in [0.25, 0.3) is 0 Å². The average molecular weight is 264 g/mol. The molecule has 1 aliphatic heterocycles. The normalized spacial score (nSPS) is 13.1. The van der Waals surface area contributed by atoms with Gasteiger partial charge in [0.15, 0.2) is 11.5 Å². The van der Waals surface area contributed by atoms with Gasteiger partial charge in [-0.15, -0.1) is 0 Å². The van der Waals surface area contributed by atoms with E-state index >= 15 is 0 Å². The van der Waals surface area contributed by atoms with Crippen LogP contribution in [0.2, 0.25) is 0 Å². The number of hydrogen-bond acceptors (Lipinski definition) is 4. The summed E-state index contributed by atoms with van der Waals surface area (Å²) in [6, 6.07) is 5.25. The number of fused-ring (bicyclic) bond motifs is 1. The van der Waals surface area contributed by atoms with Gasteiger partial charge in [0.2, 0.25) is 0 Å². The second kappa shape index (κ2) is 6.99. The van der Waals surface area contributed by atoms with Gasteiger partial charge in [-0.1, -0.05) is 6.42 Å². The Kier molecular flexibility index (Phi) is 5.03. The van der Waals surface area contributed by atoms with Crippen molar-refractivity contribution in [1.29, 1.82) is 0 Å². The van der Waals surface area contributed by atoms with E-state index in [0.717, 1.165) is 19.3 Å². The molecule has 0 aliphatic carbocycles. The zero-order chi connectivity index (χ0) is 13.5. The molecule has 0 saturated heterocycles. The van der Waals surface area contributed by atoms with Gasteiger partial charge in [0.1, 0.15) is 13.2 Å². The largest absolute Gasteiger partial charge is 0.486 e. The molecular formula is C14H20N2O3. The van der Waals surface area contributed by atoms with Gasteiger partial charge in [-0.05, 0) is 37.6 Å². The SMILES string of the molecule is NCCCCCNC(=O)c1ccc2c(c1)OCCO2. The summed E-state index contributed by atoms with van der Waals surface area (Å²) in [4.78, 5) is 11.9. The van der Waals surface area contributed by atoms with Crippen molar-refractivity contribution in [3.8, 4) is 11.5 Å². The number of ether oxygens (including phenoxy) is 2. The van der Waals surface area contributed by atoms with Crippen LogP contribution in [0, 0.1) is 0 Å². The Morgan fingerprint density at radius 1 is 1.16 bits per heavy atom. The minimum atomic E-state index is -0.0790. The fourth-order valence-electron chi connectivity index (χ4n) is 1.93. The lowest BCUT2D eigenvalue weighted by Gasteiger charge is -2.18. The zero-order valence-electron chi connectivity index (χ0n) is 11.0. The summed E-state index contributed by atoms with van der Waals surface area (Å²) >= 11 is 0. The molecule has 1 aromatic carbocycles. The second-order valence-corrected chi connectivity index (χ2v) is 4.46. The summed E-state index contributed by atoms with van der Waals surface area (Å²) in [5, 5.41) is 2.89. The van der Waals surface area contributed by atoms with Crippen LogP contribution in [-0.4, -0.2) is 32.2 Å². The van der Waals surface area contributed by atoms with E-state index in [4.69, 9.17) is 15.2 Å². The lowest BCUT2D eigenvalue weighted by Crippen LogP contribution is -2.25. The van der Waals surface area contributed by atoms with E-state index in [1.807, 2.05) is 0 Å². The van der Waals surface area contributed by atoms with Gasteiger partial charge in [-0.2, -0.15) is 0 Å². The third-order valence-electron chi connectivity index (χ3n) is 2.97. The Labute approximate surface area is 113 Å². The van der Waals surface area contributed by atoms with Crippen LogP contribution in [0.3, 0.4) is 0 Å². The summed E-state index contributed by atoms with van der Waals surface area (Å²) in [6.07, 6.45) is 2.99. The van der Waals surface area contributed by atoms with Gasteiger partial charge < -0.3 is 20.5 Å². The van der Waals surface area contributed by atoms with Gasteiger partial charge in [0, 0.05) is 12.1 Å². The van der Waals surface area contributed by atoms with Crippen LogP contribution in [0.15, 0.2) is 18.2 Å².